The number of carbonyl (C=O) groups excluding carboxylic acids is 1. The lowest BCUT2D eigenvalue weighted by molar-refractivity contribution is -0.0320. The van der Waals surface area contributed by atoms with Crippen molar-refractivity contribution in [1.82, 2.24) is 4.90 Å². The van der Waals surface area contributed by atoms with Crippen LogP contribution in [0.2, 0.25) is 0 Å². The van der Waals surface area contributed by atoms with E-state index in [9.17, 15) is 4.79 Å². The van der Waals surface area contributed by atoms with Gasteiger partial charge in [0.1, 0.15) is 0 Å². The minimum absolute atomic E-state index is 0.420. The average molecular weight is 157 g/mol. The Balaban J connectivity index is 2.26. The van der Waals surface area contributed by atoms with Crippen molar-refractivity contribution in [3.63, 3.8) is 0 Å². The number of hydrogen-bond donors (Lipinski definition) is 0. The van der Waals surface area contributed by atoms with Crippen LogP contribution in [0.3, 0.4) is 0 Å². The molecule has 0 aromatic carbocycles. The first-order valence-corrected chi connectivity index (χ1v) is 3.52. The maximum atomic E-state index is 9.81. The van der Waals surface area contributed by atoms with Gasteiger partial charge in [0, 0.05) is 20.0 Å². The summed E-state index contributed by atoms with van der Waals surface area (Å²) in [5.74, 6) is 0. The fourth-order valence-corrected chi connectivity index (χ4v) is 0.996. The van der Waals surface area contributed by atoms with Crippen molar-refractivity contribution >= 4 is 6.47 Å². The average Bonchev–Trinajstić information content (AvgIpc) is 2.07. The van der Waals surface area contributed by atoms with E-state index in [1.165, 1.54) is 6.47 Å². The van der Waals surface area contributed by atoms with Crippen molar-refractivity contribution in [3.8, 4) is 0 Å². The van der Waals surface area contributed by atoms with Crippen LogP contribution in [0, 0.1) is 6.92 Å². The normalized spacial score (nSPS) is 22.6. The summed E-state index contributed by atoms with van der Waals surface area (Å²) in [6.45, 7) is 7.88. The first-order chi connectivity index (χ1) is 5.34. The minimum atomic E-state index is -0.420. The molecule has 1 aliphatic heterocycles. The highest BCUT2D eigenvalue weighted by molar-refractivity contribution is 5.38. The molecule has 1 atom stereocenters. The van der Waals surface area contributed by atoms with Crippen LogP contribution in [0.25, 0.3) is 0 Å². The highest BCUT2D eigenvalue weighted by atomic mass is 16.5. The Morgan fingerprint density at radius 3 is 2.73 bits per heavy atom. The van der Waals surface area contributed by atoms with Gasteiger partial charge in [0.15, 0.2) is 6.23 Å². The molecule has 4 nitrogen and oxygen atoms in total. The standard InChI is InChI=1S/C7H11NO3/c1-7(11-6-9)8-2-4-10-5-3-8/h7H,1-5H2. The first-order valence-electron chi connectivity index (χ1n) is 3.52. The Kier molecular flexibility index (Phi) is 3.32. The number of morpholine rings is 1. The number of ether oxygens (including phenoxy) is 2. The van der Waals surface area contributed by atoms with E-state index in [0.717, 1.165) is 13.1 Å². The second kappa shape index (κ2) is 4.31. The van der Waals surface area contributed by atoms with Gasteiger partial charge in [-0.05, 0) is 0 Å². The van der Waals surface area contributed by atoms with E-state index in [0.29, 0.717) is 13.2 Å². The van der Waals surface area contributed by atoms with Gasteiger partial charge in [-0.2, -0.15) is 0 Å². The molecule has 0 amide bonds. The molecule has 0 aromatic heterocycles. The summed E-state index contributed by atoms with van der Waals surface area (Å²) < 4.78 is 9.64. The highest BCUT2D eigenvalue weighted by Gasteiger charge is 2.17. The Morgan fingerprint density at radius 2 is 2.18 bits per heavy atom. The molecule has 11 heavy (non-hydrogen) atoms. The second-order valence-electron chi connectivity index (χ2n) is 2.30. The van der Waals surface area contributed by atoms with E-state index < -0.39 is 6.23 Å². The lowest BCUT2D eigenvalue weighted by atomic mass is 10.4. The second-order valence-corrected chi connectivity index (χ2v) is 2.30. The molecule has 4 heteroatoms. The summed E-state index contributed by atoms with van der Waals surface area (Å²) in [6.07, 6.45) is -0.420. The van der Waals surface area contributed by atoms with Crippen molar-refractivity contribution in [3.05, 3.63) is 6.92 Å². The van der Waals surface area contributed by atoms with Gasteiger partial charge in [0.2, 0.25) is 0 Å². The molecule has 0 spiro atoms. The van der Waals surface area contributed by atoms with Crippen LogP contribution in [-0.4, -0.2) is 43.9 Å². The first kappa shape index (κ1) is 8.49. The topological polar surface area (TPSA) is 38.8 Å². The third-order valence-corrected chi connectivity index (χ3v) is 1.64. The molecule has 1 saturated heterocycles. The zero-order chi connectivity index (χ0) is 8.10. The molecule has 2 radical (unpaired) electrons. The van der Waals surface area contributed by atoms with Crippen molar-refractivity contribution in [1.29, 1.82) is 0 Å². The Bertz CT molecular complexity index is 123. The molecular weight excluding hydrogens is 146 g/mol. The fraction of sp³-hybridized carbons (Fsp3) is 0.714. The van der Waals surface area contributed by atoms with Crippen molar-refractivity contribution in [2.75, 3.05) is 26.3 Å². The van der Waals surface area contributed by atoms with Gasteiger partial charge < -0.3 is 9.47 Å². The Hall–Kier alpha value is -0.610. The monoisotopic (exact) mass is 157 g/mol. The number of hydrogen-bond acceptors (Lipinski definition) is 4. The van der Waals surface area contributed by atoms with Crippen LogP contribution in [0.1, 0.15) is 0 Å². The summed E-state index contributed by atoms with van der Waals surface area (Å²) in [5.41, 5.74) is 0. The van der Waals surface area contributed by atoms with Gasteiger partial charge >= 0.3 is 6.47 Å². The predicted octanol–water partition coefficient (Wildman–Crippen LogP) is -0.437. The highest BCUT2D eigenvalue weighted by Crippen LogP contribution is 2.02. The van der Waals surface area contributed by atoms with Crippen LogP contribution in [0.5, 0.6) is 0 Å². The summed E-state index contributed by atoms with van der Waals surface area (Å²) >= 11 is 0. The quantitative estimate of drug-likeness (QED) is 0.557. The number of rotatable bonds is 3. The largest absolute Gasteiger partial charge is 0.438 e. The third kappa shape index (κ3) is 2.48. The maximum absolute atomic E-state index is 9.81. The summed E-state index contributed by atoms with van der Waals surface area (Å²) in [6, 6.07) is 0. The Labute approximate surface area is 66.1 Å². The van der Waals surface area contributed by atoms with E-state index in [1.54, 1.807) is 0 Å². The van der Waals surface area contributed by atoms with Crippen molar-refractivity contribution < 1.29 is 14.3 Å². The predicted molar refractivity (Wildman–Crippen MR) is 38.3 cm³/mol. The van der Waals surface area contributed by atoms with Gasteiger partial charge in [0.05, 0.1) is 13.2 Å². The van der Waals surface area contributed by atoms with Crippen molar-refractivity contribution in [2.24, 2.45) is 0 Å². The molecule has 0 aliphatic carbocycles. The third-order valence-electron chi connectivity index (χ3n) is 1.64. The lowest BCUT2D eigenvalue weighted by Gasteiger charge is -2.30. The fourth-order valence-electron chi connectivity index (χ4n) is 0.996. The number of nitrogens with zero attached hydrogens (tertiary/aromatic N) is 1. The molecular formula is C7H11NO3. The molecule has 0 N–H and O–H groups in total. The van der Waals surface area contributed by atoms with Crippen LogP contribution in [-0.2, 0) is 14.3 Å². The van der Waals surface area contributed by atoms with Gasteiger partial charge in [-0.25, -0.2) is 4.79 Å². The van der Waals surface area contributed by atoms with E-state index >= 15 is 0 Å². The molecule has 1 unspecified atom stereocenters. The Morgan fingerprint density at radius 1 is 1.55 bits per heavy atom. The lowest BCUT2D eigenvalue weighted by Crippen LogP contribution is -2.43. The zero-order valence-electron chi connectivity index (χ0n) is 6.28. The van der Waals surface area contributed by atoms with Crippen LogP contribution >= 0.6 is 0 Å². The van der Waals surface area contributed by atoms with Gasteiger partial charge in [-0.3, -0.25) is 4.90 Å². The maximum Gasteiger partial charge on any atom is 0.419 e. The van der Waals surface area contributed by atoms with Gasteiger partial charge in [-0.15, -0.1) is 0 Å². The van der Waals surface area contributed by atoms with Crippen LogP contribution in [0.4, 0.5) is 0 Å². The molecule has 1 heterocycles. The molecule has 0 bridgehead atoms. The van der Waals surface area contributed by atoms with E-state index in [2.05, 4.69) is 11.7 Å². The molecule has 62 valence electrons. The molecule has 1 aliphatic rings. The molecule has 1 rings (SSSR count). The van der Waals surface area contributed by atoms with Crippen LogP contribution < -0.4 is 0 Å². The van der Waals surface area contributed by atoms with E-state index in [-0.39, 0.29) is 0 Å². The molecule has 1 fully saturated rings. The van der Waals surface area contributed by atoms with Gasteiger partial charge in [-0.1, -0.05) is 0 Å². The summed E-state index contributed by atoms with van der Waals surface area (Å²) in [7, 11) is 0. The minimum Gasteiger partial charge on any atom is -0.438 e. The van der Waals surface area contributed by atoms with Crippen molar-refractivity contribution in [2.45, 2.75) is 6.23 Å². The summed E-state index contributed by atoms with van der Waals surface area (Å²) in [4.78, 5) is 11.7. The summed E-state index contributed by atoms with van der Waals surface area (Å²) in [5, 5.41) is 0. The SMILES string of the molecule is [CH2]C(O[C]=O)N1CCOCC1. The zero-order valence-corrected chi connectivity index (χ0v) is 6.28. The molecule has 0 saturated carbocycles. The van der Waals surface area contributed by atoms with Crippen LogP contribution in [0.15, 0.2) is 0 Å². The van der Waals surface area contributed by atoms with Gasteiger partial charge in [0.25, 0.3) is 0 Å². The smallest absolute Gasteiger partial charge is 0.419 e. The molecule has 0 aromatic rings. The van der Waals surface area contributed by atoms with E-state index in [4.69, 9.17) is 4.74 Å². The van der Waals surface area contributed by atoms with E-state index in [1.807, 2.05) is 4.90 Å².